The third kappa shape index (κ3) is 4.58. The fraction of sp³-hybridized carbons (Fsp3) is 0.435. The van der Waals surface area contributed by atoms with Crippen molar-refractivity contribution in [2.45, 2.75) is 38.4 Å². The predicted octanol–water partition coefficient (Wildman–Crippen LogP) is 0.967. The molecule has 1 aliphatic heterocycles. The second-order valence-electron chi connectivity index (χ2n) is 8.94. The Labute approximate surface area is 193 Å². The normalized spacial score (nSPS) is 17.1. The van der Waals surface area contributed by atoms with Gasteiger partial charge in [0.1, 0.15) is 11.3 Å². The van der Waals surface area contributed by atoms with Crippen LogP contribution in [0.25, 0.3) is 0 Å². The van der Waals surface area contributed by atoms with Crippen molar-refractivity contribution in [3.8, 4) is 0 Å². The van der Waals surface area contributed by atoms with Gasteiger partial charge in [-0.3, -0.25) is 14.4 Å². The SMILES string of the molecule is Cc1ccc(CNC(=O)c2ccc3n(c2=O)CCN(CC2(N(C)S(C)(=O)=O)CC2)C3=O)cc1. The Morgan fingerprint density at radius 3 is 2.36 bits per heavy atom. The van der Waals surface area contributed by atoms with E-state index in [9.17, 15) is 22.8 Å². The van der Waals surface area contributed by atoms with E-state index in [1.54, 1.807) is 4.90 Å². The molecule has 176 valence electrons. The number of amides is 2. The van der Waals surface area contributed by atoms with Crippen molar-refractivity contribution in [2.75, 3.05) is 26.4 Å². The molecule has 0 saturated heterocycles. The first-order valence-corrected chi connectivity index (χ1v) is 12.7. The van der Waals surface area contributed by atoms with E-state index in [1.165, 1.54) is 28.1 Å². The lowest BCUT2D eigenvalue weighted by atomic mass is 10.1. The summed E-state index contributed by atoms with van der Waals surface area (Å²) in [4.78, 5) is 40.2. The van der Waals surface area contributed by atoms with Gasteiger partial charge in [-0.25, -0.2) is 8.42 Å². The zero-order chi connectivity index (χ0) is 24.0. The minimum atomic E-state index is -3.38. The molecule has 1 aromatic carbocycles. The van der Waals surface area contributed by atoms with Gasteiger partial charge in [-0.1, -0.05) is 29.8 Å². The van der Waals surface area contributed by atoms with Crippen LogP contribution in [0.15, 0.2) is 41.2 Å². The number of likely N-dealkylation sites (N-methyl/N-ethyl adjacent to an activating group) is 1. The summed E-state index contributed by atoms with van der Waals surface area (Å²) in [5.41, 5.74) is 1.15. The summed E-state index contributed by atoms with van der Waals surface area (Å²) in [5, 5.41) is 2.76. The molecular weight excluding hydrogens is 444 g/mol. The largest absolute Gasteiger partial charge is 0.348 e. The lowest BCUT2D eigenvalue weighted by Crippen LogP contribution is -2.52. The fourth-order valence-electron chi connectivity index (χ4n) is 4.20. The molecule has 0 unspecified atom stereocenters. The number of pyridine rings is 1. The van der Waals surface area contributed by atoms with Gasteiger partial charge in [-0.2, -0.15) is 4.31 Å². The van der Waals surface area contributed by atoms with E-state index >= 15 is 0 Å². The van der Waals surface area contributed by atoms with Crippen LogP contribution < -0.4 is 10.9 Å². The molecule has 2 aromatic rings. The second-order valence-corrected chi connectivity index (χ2v) is 11.0. The maximum atomic E-state index is 13.1. The van der Waals surface area contributed by atoms with Crippen molar-refractivity contribution in [3.05, 3.63) is 69.1 Å². The molecule has 1 saturated carbocycles. The third-order valence-corrected chi connectivity index (χ3v) is 7.95. The molecule has 0 spiro atoms. The molecule has 0 bridgehead atoms. The van der Waals surface area contributed by atoms with Crippen LogP contribution in [0.4, 0.5) is 0 Å². The van der Waals surface area contributed by atoms with Gasteiger partial charge in [-0.15, -0.1) is 0 Å². The quantitative estimate of drug-likeness (QED) is 0.646. The monoisotopic (exact) mass is 472 g/mol. The van der Waals surface area contributed by atoms with Crippen molar-refractivity contribution < 1.29 is 18.0 Å². The molecule has 9 nitrogen and oxygen atoms in total. The number of aromatic nitrogens is 1. The Balaban J connectivity index is 1.48. The number of aryl methyl sites for hydroxylation is 1. The molecule has 1 aliphatic carbocycles. The smallest absolute Gasteiger partial charge is 0.270 e. The molecule has 33 heavy (non-hydrogen) atoms. The van der Waals surface area contributed by atoms with Crippen LogP contribution in [0.2, 0.25) is 0 Å². The zero-order valence-corrected chi connectivity index (χ0v) is 19.8. The molecule has 1 N–H and O–H groups in total. The predicted molar refractivity (Wildman–Crippen MR) is 124 cm³/mol. The first-order chi connectivity index (χ1) is 15.5. The topological polar surface area (TPSA) is 109 Å². The molecular formula is C23H28N4O5S. The van der Waals surface area contributed by atoms with E-state index < -0.39 is 27.0 Å². The highest BCUT2D eigenvalue weighted by Gasteiger charge is 2.52. The Morgan fingerprint density at radius 1 is 1.09 bits per heavy atom. The second kappa shape index (κ2) is 8.42. The van der Waals surface area contributed by atoms with Crippen LogP contribution in [-0.2, 0) is 23.1 Å². The zero-order valence-electron chi connectivity index (χ0n) is 19.0. The van der Waals surface area contributed by atoms with Crippen molar-refractivity contribution >= 4 is 21.8 Å². The van der Waals surface area contributed by atoms with Crippen LogP contribution in [-0.4, -0.2) is 65.9 Å². The van der Waals surface area contributed by atoms with Gasteiger partial charge in [-0.05, 0) is 37.5 Å². The number of hydrogen-bond acceptors (Lipinski definition) is 5. The number of fused-ring (bicyclic) bond motifs is 1. The number of rotatable bonds is 7. The van der Waals surface area contributed by atoms with E-state index in [0.717, 1.165) is 17.4 Å². The Morgan fingerprint density at radius 2 is 1.76 bits per heavy atom. The minimum absolute atomic E-state index is 0.0115. The molecule has 2 amide bonds. The molecule has 0 radical (unpaired) electrons. The van der Waals surface area contributed by atoms with E-state index in [-0.39, 0.29) is 36.8 Å². The third-order valence-electron chi connectivity index (χ3n) is 6.57. The number of benzene rings is 1. The highest BCUT2D eigenvalue weighted by molar-refractivity contribution is 7.88. The summed E-state index contributed by atoms with van der Waals surface area (Å²) in [6.45, 7) is 3.08. The molecule has 0 atom stereocenters. The minimum Gasteiger partial charge on any atom is -0.348 e. The molecule has 1 aromatic heterocycles. The summed E-state index contributed by atoms with van der Waals surface area (Å²) in [7, 11) is -1.84. The average molecular weight is 473 g/mol. The van der Waals surface area contributed by atoms with E-state index in [2.05, 4.69) is 5.32 Å². The molecule has 2 heterocycles. The number of carbonyl (C=O) groups is 2. The maximum absolute atomic E-state index is 13.1. The van der Waals surface area contributed by atoms with Gasteiger partial charge in [0.2, 0.25) is 10.0 Å². The molecule has 4 rings (SSSR count). The van der Waals surface area contributed by atoms with Gasteiger partial charge in [0.25, 0.3) is 17.4 Å². The number of nitrogens with one attached hydrogen (secondary N) is 1. The van der Waals surface area contributed by atoms with Crippen molar-refractivity contribution in [1.29, 1.82) is 0 Å². The van der Waals surface area contributed by atoms with Gasteiger partial charge < -0.3 is 14.8 Å². The van der Waals surface area contributed by atoms with Crippen LogP contribution in [0.1, 0.15) is 44.8 Å². The van der Waals surface area contributed by atoms with Crippen LogP contribution in [0.3, 0.4) is 0 Å². The van der Waals surface area contributed by atoms with Crippen molar-refractivity contribution in [1.82, 2.24) is 19.1 Å². The number of sulfonamides is 1. The average Bonchev–Trinajstić information content (AvgIpc) is 3.55. The number of nitrogens with zero attached hydrogens (tertiary/aromatic N) is 3. The summed E-state index contributed by atoms with van der Waals surface area (Å²) in [6, 6.07) is 10.6. The summed E-state index contributed by atoms with van der Waals surface area (Å²) in [6.07, 6.45) is 2.53. The standard InChI is InChI=1S/C23H28N4O5S/c1-16-4-6-17(7-5-16)14-24-20(28)18-8-9-19-22(30)26(12-13-27(19)21(18)29)15-23(10-11-23)25(2)33(3,31)32/h4-9H,10-15H2,1-3H3,(H,24,28). The lowest BCUT2D eigenvalue weighted by Gasteiger charge is -2.35. The summed E-state index contributed by atoms with van der Waals surface area (Å²) in [5.74, 6) is -0.824. The number of carbonyl (C=O) groups excluding carboxylic acids is 2. The lowest BCUT2D eigenvalue weighted by molar-refractivity contribution is 0.0652. The Bertz CT molecular complexity index is 1260. The highest BCUT2D eigenvalue weighted by Crippen LogP contribution is 2.43. The van der Waals surface area contributed by atoms with Gasteiger partial charge in [0.05, 0.1) is 11.8 Å². The van der Waals surface area contributed by atoms with Gasteiger partial charge >= 0.3 is 0 Å². The van der Waals surface area contributed by atoms with Crippen molar-refractivity contribution in [3.63, 3.8) is 0 Å². The molecule has 1 fully saturated rings. The summed E-state index contributed by atoms with van der Waals surface area (Å²) >= 11 is 0. The van der Waals surface area contributed by atoms with Crippen LogP contribution in [0.5, 0.6) is 0 Å². The first-order valence-electron chi connectivity index (χ1n) is 10.8. The van der Waals surface area contributed by atoms with E-state index in [4.69, 9.17) is 0 Å². The van der Waals surface area contributed by atoms with Crippen molar-refractivity contribution in [2.24, 2.45) is 0 Å². The van der Waals surface area contributed by atoms with E-state index in [1.807, 2.05) is 31.2 Å². The Kier molecular flexibility index (Phi) is 5.92. The first kappa shape index (κ1) is 23.2. The van der Waals surface area contributed by atoms with Crippen LogP contribution in [0, 0.1) is 6.92 Å². The van der Waals surface area contributed by atoms with E-state index in [0.29, 0.717) is 19.4 Å². The highest BCUT2D eigenvalue weighted by atomic mass is 32.2. The summed E-state index contributed by atoms with van der Waals surface area (Å²) < 4.78 is 26.6. The van der Waals surface area contributed by atoms with Crippen LogP contribution >= 0.6 is 0 Å². The number of hydrogen-bond donors (Lipinski definition) is 1. The maximum Gasteiger partial charge on any atom is 0.270 e. The van der Waals surface area contributed by atoms with Gasteiger partial charge in [0, 0.05) is 33.2 Å². The fourth-order valence-corrected chi connectivity index (χ4v) is 5.15. The Hall–Kier alpha value is -2.98. The van der Waals surface area contributed by atoms with Gasteiger partial charge in [0.15, 0.2) is 0 Å². The molecule has 10 heteroatoms. The molecule has 2 aliphatic rings.